The number of hydrogen-bond acceptors (Lipinski definition) is 5. The van der Waals surface area contributed by atoms with E-state index in [2.05, 4.69) is 16.4 Å². The summed E-state index contributed by atoms with van der Waals surface area (Å²) in [6.45, 7) is 3.94. The molecule has 0 aliphatic carbocycles. The van der Waals surface area contributed by atoms with Crippen LogP contribution in [0.3, 0.4) is 0 Å². The first-order chi connectivity index (χ1) is 10.5. The van der Waals surface area contributed by atoms with E-state index >= 15 is 0 Å². The molecular weight excluding hydrogens is 276 g/mol. The molecule has 2 N–H and O–H groups in total. The largest absolute Gasteiger partial charge is 0.381 e. The second kappa shape index (κ2) is 6.64. The molecule has 2 rings (SSSR count). The molecule has 0 aliphatic rings. The number of carbonyl (C=O) groups is 1. The fourth-order valence-corrected chi connectivity index (χ4v) is 2.05. The predicted octanol–water partition coefficient (Wildman–Crippen LogP) is 3.00. The third-order valence-corrected chi connectivity index (χ3v) is 3.01. The summed E-state index contributed by atoms with van der Waals surface area (Å²) in [6, 6.07) is 10.7. The lowest BCUT2D eigenvalue weighted by Gasteiger charge is -2.15. The van der Waals surface area contributed by atoms with E-state index in [-0.39, 0.29) is 11.8 Å². The lowest BCUT2D eigenvalue weighted by Crippen LogP contribution is -2.16. The molecule has 0 unspecified atom stereocenters. The number of aromatic nitrogens is 1. The van der Waals surface area contributed by atoms with Crippen LogP contribution < -0.4 is 5.32 Å². The summed E-state index contributed by atoms with van der Waals surface area (Å²) in [4.78, 5) is 15.2. The number of rotatable bonds is 5. The van der Waals surface area contributed by atoms with Gasteiger partial charge in [0.1, 0.15) is 5.69 Å². The van der Waals surface area contributed by atoms with Gasteiger partial charge in [0.15, 0.2) is 6.29 Å². The molecule has 0 bridgehead atoms. The summed E-state index contributed by atoms with van der Waals surface area (Å²) in [5.74, 6) is 0. The minimum Gasteiger partial charge on any atom is -0.381 e. The van der Waals surface area contributed by atoms with Crippen molar-refractivity contribution in [1.29, 1.82) is 10.7 Å². The standard InChI is InChI=1S/C17H16N4O/c1-11(2)21-15-7-13(10-22)9-20-17(15)16(19)14-5-3-4-12(6-14)8-18/h3-7,9-11,19,21H,1-2H3. The third kappa shape index (κ3) is 3.36. The van der Waals surface area contributed by atoms with Crippen molar-refractivity contribution in [2.75, 3.05) is 5.32 Å². The van der Waals surface area contributed by atoms with Gasteiger partial charge in [-0.2, -0.15) is 5.26 Å². The van der Waals surface area contributed by atoms with Gasteiger partial charge < -0.3 is 5.32 Å². The summed E-state index contributed by atoms with van der Waals surface area (Å²) in [5, 5.41) is 20.5. The molecule has 1 aromatic heterocycles. The molecule has 1 aromatic carbocycles. The summed E-state index contributed by atoms with van der Waals surface area (Å²) < 4.78 is 0. The van der Waals surface area contributed by atoms with E-state index in [1.54, 1.807) is 30.3 Å². The van der Waals surface area contributed by atoms with Crippen molar-refractivity contribution in [2.24, 2.45) is 0 Å². The Morgan fingerprint density at radius 3 is 2.82 bits per heavy atom. The molecule has 0 saturated carbocycles. The Labute approximate surface area is 129 Å². The number of nitrogens with zero attached hydrogens (tertiary/aromatic N) is 2. The maximum absolute atomic E-state index is 10.9. The van der Waals surface area contributed by atoms with Crippen LogP contribution in [0, 0.1) is 16.7 Å². The Morgan fingerprint density at radius 2 is 2.18 bits per heavy atom. The van der Waals surface area contributed by atoms with Gasteiger partial charge in [-0.25, -0.2) is 0 Å². The van der Waals surface area contributed by atoms with Crippen molar-refractivity contribution in [3.05, 3.63) is 58.9 Å². The monoisotopic (exact) mass is 292 g/mol. The molecule has 1 heterocycles. The molecule has 22 heavy (non-hydrogen) atoms. The second-order valence-electron chi connectivity index (χ2n) is 5.15. The fraction of sp³-hybridized carbons (Fsp3) is 0.176. The quantitative estimate of drug-likeness (QED) is 0.654. The molecule has 110 valence electrons. The smallest absolute Gasteiger partial charge is 0.151 e. The molecular formula is C17H16N4O. The number of carbonyl (C=O) groups excluding carboxylic acids is 1. The van der Waals surface area contributed by atoms with Crippen LogP contribution in [0.2, 0.25) is 0 Å². The van der Waals surface area contributed by atoms with E-state index in [4.69, 9.17) is 10.7 Å². The first-order valence-electron chi connectivity index (χ1n) is 6.86. The van der Waals surface area contributed by atoms with Crippen LogP contribution in [-0.2, 0) is 0 Å². The number of anilines is 1. The Morgan fingerprint density at radius 1 is 1.41 bits per heavy atom. The van der Waals surface area contributed by atoms with Crippen molar-refractivity contribution in [1.82, 2.24) is 4.98 Å². The first kappa shape index (κ1) is 15.4. The number of nitriles is 1. The maximum atomic E-state index is 10.9. The average Bonchev–Trinajstić information content (AvgIpc) is 2.53. The number of pyridine rings is 1. The zero-order valence-electron chi connectivity index (χ0n) is 12.4. The average molecular weight is 292 g/mol. The molecule has 5 nitrogen and oxygen atoms in total. The van der Waals surface area contributed by atoms with Crippen LogP contribution in [-0.4, -0.2) is 23.0 Å². The van der Waals surface area contributed by atoms with Crippen molar-refractivity contribution in [2.45, 2.75) is 19.9 Å². The topological polar surface area (TPSA) is 89.6 Å². The van der Waals surface area contributed by atoms with E-state index in [1.165, 1.54) is 6.20 Å². The van der Waals surface area contributed by atoms with Crippen LogP contribution in [0.25, 0.3) is 0 Å². The third-order valence-electron chi connectivity index (χ3n) is 3.01. The van der Waals surface area contributed by atoms with E-state index in [9.17, 15) is 4.79 Å². The molecule has 0 saturated heterocycles. The summed E-state index contributed by atoms with van der Waals surface area (Å²) >= 11 is 0. The molecule has 0 aliphatic heterocycles. The Hall–Kier alpha value is -3.00. The highest BCUT2D eigenvalue weighted by Gasteiger charge is 2.14. The van der Waals surface area contributed by atoms with Gasteiger partial charge in [0.25, 0.3) is 0 Å². The summed E-state index contributed by atoms with van der Waals surface area (Å²) in [6.07, 6.45) is 2.17. The number of benzene rings is 1. The summed E-state index contributed by atoms with van der Waals surface area (Å²) in [7, 11) is 0. The van der Waals surface area contributed by atoms with Crippen LogP contribution in [0.1, 0.15) is 41.0 Å². The first-order valence-corrected chi connectivity index (χ1v) is 6.86. The highest BCUT2D eigenvalue weighted by atomic mass is 16.1. The van der Waals surface area contributed by atoms with Crippen LogP contribution >= 0.6 is 0 Å². The van der Waals surface area contributed by atoms with Gasteiger partial charge in [-0.15, -0.1) is 0 Å². The van der Waals surface area contributed by atoms with Gasteiger partial charge in [-0.05, 0) is 32.0 Å². The number of hydrogen-bond donors (Lipinski definition) is 2. The molecule has 0 fully saturated rings. The van der Waals surface area contributed by atoms with Crippen molar-refractivity contribution in [3.8, 4) is 6.07 Å². The van der Waals surface area contributed by atoms with Gasteiger partial charge >= 0.3 is 0 Å². The van der Waals surface area contributed by atoms with Crippen LogP contribution in [0.15, 0.2) is 36.5 Å². The van der Waals surface area contributed by atoms with E-state index < -0.39 is 0 Å². The molecule has 0 spiro atoms. The minimum absolute atomic E-state index is 0.140. The molecule has 5 heteroatoms. The minimum atomic E-state index is 0.140. The zero-order valence-corrected chi connectivity index (χ0v) is 12.4. The maximum Gasteiger partial charge on any atom is 0.151 e. The highest BCUT2D eigenvalue weighted by molar-refractivity contribution is 6.13. The van der Waals surface area contributed by atoms with Crippen molar-refractivity contribution in [3.63, 3.8) is 0 Å². The Kier molecular flexibility index (Phi) is 4.64. The van der Waals surface area contributed by atoms with Gasteiger partial charge in [0.2, 0.25) is 0 Å². The number of aldehydes is 1. The molecule has 0 radical (unpaired) electrons. The van der Waals surface area contributed by atoms with Crippen LogP contribution in [0.5, 0.6) is 0 Å². The Balaban J connectivity index is 2.48. The van der Waals surface area contributed by atoms with Gasteiger partial charge in [-0.3, -0.25) is 15.2 Å². The SMILES string of the molecule is CC(C)Nc1cc(C=O)cnc1C(=N)c1cccc(C#N)c1. The van der Waals surface area contributed by atoms with E-state index in [0.29, 0.717) is 28.1 Å². The van der Waals surface area contributed by atoms with E-state index in [1.807, 2.05) is 13.8 Å². The second-order valence-corrected chi connectivity index (χ2v) is 5.15. The lowest BCUT2D eigenvalue weighted by atomic mass is 10.0. The molecule has 0 amide bonds. The van der Waals surface area contributed by atoms with Gasteiger partial charge in [-0.1, -0.05) is 12.1 Å². The lowest BCUT2D eigenvalue weighted by molar-refractivity contribution is 0.112. The van der Waals surface area contributed by atoms with Crippen LogP contribution in [0.4, 0.5) is 5.69 Å². The van der Waals surface area contributed by atoms with E-state index in [0.717, 1.165) is 6.29 Å². The highest BCUT2D eigenvalue weighted by Crippen LogP contribution is 2.20. The normalized spacial score (nSPS) is 10.1. The van der Waals surface area contributed by atoms with Gasteiger partial charge in [0.05, 0.1) is 23.0 Å². The number of nitrogens with one attached hydrogen (secondary N) is 2. The zero-order chi connectivity index (χ0) is 16.1. The van der Waals surface area contributed by atoms with Crippen molar-refractivity contribution < 1.29 is 4.79 Å². The predicted molar refractivity (Wildman–Crippen MR) is 85.5 cm³/mol. The molecule has 0 atom stereocenters. The van der Waals surface area contributed by atoms with Crippen molar-refractivity contribution >= 4 is 17.7 Å². The molecule has 2 aromatic rings. The van der Waals surface area contributed by atoms with Gasteiger partial charge in [0, 0.05) is 23.4 Å². The fourth-order valence-electron chi connectivity index (χ4n) is 2.05. The summed E-state index contributed by atoms with van der Waals surface area (Å²) in [5.41, 5.74) is 2.84. The Bertz CT molecular complexity index is 759.